The van der Waals surface area contributed by atoms with E-state index in [-0.39, 0.29) is 17.9 Å². The van der Waals surface area contributed by atoms with E-state index in [0.717, 1.165) is 25.0 Å². The third kappa shape index (κ3) is 7.16. The predicted octanol–water partition coefficient (Wildman–Crippen LogP) is 6.40. The van der Waals surface area contributed by atoms with E-state index in [0.29, 0.717) is 18.0 Å². The number of anilines is 1. The molecule has 0 aliphatic rings. The van der Waals surface area contributed by atoms with Gasteiger partial charge in [-0.2, -0.15) is 0 Å². The number of rotatable bonds is 11. The second-order valence-electron chi connectivity index (χ2n) is 8.56. The van der Waals surface area contributed by atoms with Crippen molar-refractivity contribution >= 4 is 11.6 Å². The maximum Gasteiger partial charge on any atom is 0.262 e. The highest BCUT2D eigenvalue weighted by Crippen LogP contribution is 2.28. The van der Waals surface area contributed by atoms with Crippen LogP contribution in [0.1, 0.15) is 44.7 Å². The molecule has 0 spiro atoms. The van der Waals surface area contributed by atoms with Gasteiger partial charge < -0.3 is 14.8 Å². The summed E-state index contributed by atoms with van der Waals surface area (Å²) in [6.45, 7) is 7.20. The molecule has 32 heavy (non-hydrogen) atoms. The van der Waals surface area contributed by atoms with Crippen molar-refractivity contribution in [3.05, 3.63) is 90.0 Å². The van der Waals surface area contributed by atoms with Crippen LogP contribution in [0.25, 0.3) is 0 Å². The molecule has 1 N–H and O–H groups in total. The molecule has 4 heteroatoms. The van der Waals surface area contributed by atoms with Gasteiger partial charge in [-0.05, 0) is 60.1 Å². The largest absolute Gasteiger partial charge is 0.494 e. The third-order valence-corrected chi connectivity index (χ3v) is 5.73. The van der Waals surface area contributed by atoms with Crippen molar-refractivity contribution in [1.82, 2.24) is 0 Å². The van der Waals surface area contributed by atoms with Crippen LogP contribution in [-0.4, -0.2) is 19.1 Å². The normalized spacial score (nSPS) is 11.1. The van der Waals surface area contributed by atoms with Crippen molar-refractivity contribution < 1.29 is 14.3 Å². The average molecular weight is 432 g/mol. The van der Waals surface area contributed by atoms with Gasteiger partial charge in [-0.25, -0.2) is 0 Å². The fraction of sp³-hybridized carbons (Fsp3) is 0.321. The molecule has 168 valence electrons. The molecular formula is C28H33NO3. The molecular weight excluding hydrogens is 398 g/mol. The summed E-state index contributed by atoms with van der Waals surface area (Å²) in [5, 5.41) is 2.87. The number of aryl methyl sites for hydroxylation is 1. The maximum absolute atomic E-state index is 12.3. The molecule has 3 aromatic carbocycles. The van der Waals surface area contributed by atoms with E-state index >= 15 is 0 Å². The number of amides is 1. The minimum absolute atomic E-state index is 0.0430. The van der Waals surface area contributed by atoms with Gasteiger partial charge in [0.2, 0.25) is 0 Å². The van der Waals surface area contributed by atoms with Crippen LogP contribution in [0.2, 0.25) is 0 Å². The Bertz CT molecular complexity index is 981. The van der Waals surface area contributed by atoms with E-state index in [1.165, 1.54) is 11.1 Å². The first-order valence-electron chi connectivity index (χ1n) is 11.3. The van der Waals surface area contributed by atoms with Gasteiger partial charge in [-0.3, -0.25) is 4.79 Å². The van der Waals surface area contributed by atoms with Gasteiger partial charge in [0.25, 0.3) is 5.91 Å². The van der Waals surface area contributed by atoms with Crippen molar-refractivity contribution in [3.8, 4) is 11.5 Å². The number of nitrogens with one attached hydrogen (secondary N) is 1. The SMILES string of the molecule is CCC(C)(C)c1ccc(OCC(=O)Nc2cccc(OCCCc3ccccc3)c2)cc1. The van der Waals surface area contributed by atoms with E-state index in [4.69, 9.17) is 9.47 Å². The van der Waals surface area contributed by atoms with Gasteiger partial charge in [0.15, 0.2) is 6.61 Å². The lowest BCUT2D eigenvalue weighted by atomic mass is 9.82. The van der Waals surface area contributed by atoms with Crippen LogP contribution in [-0.2, 0) is 16.6 Å². The van der Waals surface area contributed by atoms with Gasteiger partial charge >= 0.3 is 0 Å². The third-order valence-electron chi connectivity index (χ3n) is 5.73. The Morgan fingerprint density at radius 1 is 0.875 bits per heavy atom. The molecule has 3 aromatic rings. The van der Waals surface area contributed by atoms with Gasteiger partial charge in [0.1, 0.15) is 11.5 Å². The smallest absolute Gasteiger partial charge is 0.262 e. The number of hydrogen-bond acceptors (Lipinski definition) is 3. The van der Waals surface area contributed by atoms with Crippen LogP contribution < -0.4 is 14.8 Å². The fourth-order valence-corrected chi connectivity index (χ4v) is 3.33. The average Bonchev–Trinajstić information content (AvgIpc) is 2.82. The summed E-state index contributed by atoms with van der Waals surface area (Å²) in [6.07, 6.45) is 2.97. The number of carbonyl (C=O) groups is 1. The molecule has 0 atom stereocenters. The first-order chi connectivity index (χ1) is 15.5. The van der Waals surface area contributed by atoms with Gasteiger partial charge in [-0.1, -0.05) is 69.3 Å². The molecule has 3 rings (SSSR count). The van der Waals surface area contributed by atoms with Crippen molar-refractivity contribution in [3.63, 3.8) is 0 Å². The summed E-state index contributed by atoms with van der Waals surface area (Å²) in [6, 6.07) is 25.8. The number of carbonyl (C=O) groups excluding carboxylic acids is 1. The van der Waals surface area contributed by atoms with E-state index in [2.05, 4.69) is 50.4 Å². The summed E-state index contributed by atoms with van der Waals surface area (Å²) in [7, 11) is 0. The molecule has 0 saturated carbocycles. The summed E-state index contributed by atoms with van der Waals surface area (Å²) in [5.41, 5.74) is 3.39. The van der Waals surface area contributed by atoms with Crippen LogP contribution in [0.4, 0.5) is 5.69 Å². The molecule has 0 unspecified atom stereocenters. The van der Waals surface area contributed by atoms with E-state index in [1.807, 2.05) is 54.6 Å². The van der Waals surface area contributed by atoms with Crippen LogP contribution in [0.15, 0.2) is 78.9 Å². The first kappa shape index (κ1) is 23.4. The summed E-state index contributed by atoms with van der Waals surface area (Å²) in [4.78, 5) is 12.3. The zero-order valence-electron chi connectivity index (χ0n) is 19.3. The molecule has 0 aliphatic heterocycles. The lowest BCUT2D eigenvalue weighted by Crippen LogP contribution is -2.20. The van der Waals surface area contributed by atoms with Crippen LogP contribution in [0.3, 0.4) is 0 Å². The lowest BCUT2D eigenvalue weighted by molar-refractivity contribution is -0.118. The van der Waals surface area contributed by atoms with Crippen molar-refractivity contribution in [2.45, 2.75) is 45.4 Å². The molecule has 0 saturated heterocycles. The highest BCUT2D eigenvalue weighted by atomic mass is 16.5. The van der Waals surface area contributed by atoms with Crippen molar-refractivity contribution in [2.75, 3.05) is 18.5 Å². The number of ether oxygens (including phenoxy) is 2. The second-order valence-corrected chi connectivity index (χ2v) is 8.56. The minimum atomic E-state index is -0.204. The van der Waals surface area contributed by atoms with Crippen molar-refractivity contribution in [1.29, 1.82) is 0 Å². The van der Waals surface area contributed by atoms with Gasteiger partial charge in [0, 0.05) is 11.8 Å². The standard InChI is InChI=1S/C28H33NO3/c1-4-28(2,3)23-15-17-25(18-16-23)32-21-27(30)29-24-13-8-14-26(20-24)31-19-9-12-22-10-6-5-7-11-22/h5-8,10-11,13-18,20H,4,9,12,19,21H2,1-3H3,(H,29,30). The molecule has 0 bridgehead atoms. The summed E-state index contributed by atoms with van der Waals surface area (Å²) in [5.74, 6) is 1.22. The quantitative estimate of drug-likeness (QED) is 0.357. The molecule has 0 radical (unpaired) electrons. The van der Waals surface area contributed by atoms with E-state index in [9.17, 15) is 4.79 Å². The second kappa shape index (κ2) is 11.4. The van der Waals surface area contributed by atoms with E-state index < -0.39 is 0 Å². The monoisotopic (exact) mass is 431 g/mol. The van der Waals surface area contributed by atoms with Crippen molar-refractivity contribution in [2.24, 2.45) is 0 Å². The minimum Gasteiger partial charge on any atom is -0.494 e. The zero-order chi connectivity index (χ0) is 22.8. The Morgan fingerprint density at radius 3 is 2.34 bits per heavy atom. The topological polar surface area (TPSA) is 47.6 Å². The summed E-state index contributed by atoms with van der Waals surface area (Å²) < 4.78 is 11.5. The highest BCUT2D eigenvalue weighted by molar-refractivity contribution is 5.92. The fourth-order valence-electron chi connectivity index (χ4n) is 3.33. The maximum atomic E-state index is 12.3. The predicted molar refractivity (Wildman–Crippen MR) is 131 cm³/mol. The Hall–Kier alpha value is -3.27. The number of benzene rings is 3. The zero-order valence-corrected chi connectivity index (χ0v) is 19.3. The van der Waals surface area contributed by atoms with Gasteiger partial charge in [0.05, 0.1) is 6.61 Å². The van der Waals surface area contributed by atoms with Crippen LogP contribution in [0.5, 0.6) is 11.5 Å². The molecule has 0 fully saturated rings. The van der Waals surface area contributed by atoms with Gasteiger partial charge in [-0.15, -0.1) is 0 Å². The molecule has 1 amide bonds. The highest BCUT2D eigenvalue weighted by Gasteiger charge is 2.17. The molecule has 0 aliphatic carbocycles. The lowest BCUT2D eigenvalue weighted by Gasteiger charge is -2.23. The van der Waals surface area contributed by atoms with Crippen LogP contribution in [0, 0.1) is 0 Å². The molecule has 0 heterocycles. The Labute approximate surface area is 191 Å². The van der Waals surface area contributed by atoms with E-state index in [1.54, 1.807) is 0 Å². The van der Waals surface area contributed by atoms with Crippen LogP contribution >= 0.6 is 0 Å². The summed E-state index contributed by atoms with van der Waals surface area (Å²) >= 11 is 0. The first-order valence-corrected chi connectivity index (χ1v) is 11.3. The Kier molecular flexibility index (Phi) is 8.32. The number of hydrogen-bond donors (Lipinski definition) is 1. The Balaban J connectivity index is 1.43. The molecule has 4 nitrogen and oxygen atoms in total. The molecule has 0 aromatic heterocycles. The Morgan fingerprint density at radius 2 is 1.62 bits per heavy atom.